The van der Waals surface area contributed by atoms with Crippen molar-refractivity contribution in [3.8, 4) is 0 Å². The molecule has 1 atom stereocenters. The van der Waals surface area contributed by atoms with Crippen LogP contribution in [0.15, 0.2) is 34.2 Å². The fraction of sp³-hybridized carbons (Fsp3) is 0.308. The van der Waals surface area contributed by atoms with E-state index in [0.29, 0.717) is 6.04 Å². The third-order valence-electron chi connectivity index (χ3n) is 2.95. The Morgan fingerprint density at radius 3 is 2.94 bits per heavy atom. The van der Waals surface area contributed by atoms with Crippen molar-refractivity contribution in [1.82, 2.24) is 10.3 Å². The molecule has 2 aromatic rings. The maximum Gasteiger partial charge on any atom is 0.114 e. The second kappa shape index (κ2) is 5.29. The highest BCUT2D eigenvalue weighted by atomic mass is 79.9. The summed E-state index contributed by atoms with van der Waals surface area (Å²) in [6.07, 6.45) is 4.35. The van der Waals surface area contributed by atoms with Gasteiger partial charge in [0.1, 0.15) is 5.01 Å². The largest absolute Gasteiger partial charge is 0.301 e. The van der Waals surface area contributed by atoms with Crippen LogP contribution in [0.3, 0.4) is 0 Å². The van der Waals surface area contributed by atoms with Crippen LogP contribution in [0.1, 0.15) is 29.5 Å². The summed E-state index contributed by atoms with van der Waals surface area (Å²) in [6.45, 7) is 0. The molecule has 0 spiro atoms. The smallest absolute Gasteiger partial charge is 0.114 e. The zero-order chi connectivity index (χ0) is 12.5. The molecule has 1 unspecified atom stereocenters. The monoisotopic (exact) mass is 342 g/mol. The molecule has 1 heterocycles. The molecule has 1 saturated carbocycles. The first-order valence-electron chi connectivity index (χ1n) is 5.84. The average molecular weight is 344 g/mol. The van der Waals surface area contributed by atoms with Crippen LogP contribution in [-0.2, 0) is 0 Å². The van der Waals surface area contributed by atoms with Crippen molar-refractivity contribution in [2.45, 2.75) is 24.9 Å². The van der Waals surface area contributed by atoms with Gasteiger partial charge in [-0.25, -0.2) is 4.98 Å². The first kappa shape index (κ1) is 12.6. The maximum absolute atomic E-state index is 6.11. The summed E-state index contributed by atoms with van der Waals surface area (Å²) in [4.78, 5) is 4.44. The molecule has 1 aliphatic rings. The van der Waals surface area contributed by atoms with Gasteiger partial charge >= 0.3 is 0 Å². The Hall–Kier alpha value is -0.420. The molecule has 18 heavy (non-hydrogen) atoms. The standard InChI is InChI=1S/C13H12BrClN2S/c14-11-4-1-8(15)7-10(11)12(17-9-2-3-9)13-16-5-6-18-13/h1,4-7,9,12,17H,2-3H2. The van der Waals surface area contributed by atoms with Crippen molar-refractivity contribution in [3.05, 3.63) is 49.8 Å². The number of benzene rings is 1. The average Bonchev–Trinajstić information content (AvgIpc) is 3.01. The molecule has 2 nitrogen and oxygen atoms in total. The number of nitrogens with one attached hydrogen (secondary N) is 1. The van der Waals surface area contributed by atoms with Gasteiger partial charge in [0.25, 0.3) is 0 Å². The van der Waals surface area contributed by atoms with Crippen LogP contribution < -0.4 is 5.32 Å². The first-order chi connectivity index (χ1) is 8.74. The lowest BCUT2D eigenvalue weighted by atomic mass is 10.1. The van der Waals surface area contributed by atoms with E-state index in [1.807, 2.05) is 29.8 Å². The minimum Gasteiger partial charge on any atom is -0.301 e. The third-order valence-corrected chi connectivity index (χ3v) is 4.74. The van der Waals surface area contributed by atoms with Gasteiger partial charge in [0.2, 0.25) is 0 Å². The second-order valence-corrected chi connectivity index (χ2v) is 6.63. The predicted molar refractivity (Wildman–Crippen MR) is 79.3 cm³/mol. The first-order valence-corrected chi connectivity index (χ1v) is 7.89. The molecule has 94 valence electrons. The molecule has 1 fully saturated rings. The molecule has 5 heteroatoms. The number of hydrogen-bond acceptors (Lipinski definition) is 3. The molecular weight excluding hydrogens is 332 g/mol. The summed E-state index contributed by atoms with van der Waals surface area (Å²) < 4.78 is 1.07. The van der Waals surface area contributed by atoms with Crippen molar-refractivity contribution in [2.24, 2.45) is 0 Å². The number of hydrogen-bond donors (Lipinski definition) is 1. The van der Waals surface area contributed by atoms with E-state index >= 15 is 0 Å². The van der Waals surface area contributed by atoms with E-state index in [-0.39, 0.29) is 6.04 Å². The van der Waals surface area contributed by atoms with Crippen LogP contribution in [0, 0.1) is 0 Å². The van der Waals surface area contributed by atoms with Gasteiger partial charge in [-0.1, -0.05) is 27.5 Å². The maximum atomic E-state index is 6.11. The Labute approximate surface area is 124 Å². The fourth-order valence-electron chi connectivity index (χ4n) is 1.89. The van der Waals surface area contributed by atoms with E-state index in [9.17, 15) is 0 Å². The molecule has 0 bridgehead atoms. The van der Waals surface area contributed by atoms with E-state index < -0.39 is 0 Å². The number of nitrogens with zero attached hydrogens (tertiary/aromatic N) is 1. The third kappa shape index (κ3) is 2.77. The Bertz CT molecular complexity index is 540. The minimum absolute atomic E-state index is 0.130. The molecule has 0 saturated heterocycles. The van der Waals surface area contributed by atoms with Crippen LogP contribution in [0.5, 0.6) is 0 Å². The molecule has 1 aliphatic carbocycles. The molecule has 1 aromatic carbocycles. The van der Waals surface area contributed by atoms with Crippen molar-refractivity contribution < 1.29 is 0 Å². The van der Waals surface area contributed by atoms with Gasteiger partial charge in [-0.2, -0.15) is 0 Å². The zero-order valence-corrected chi connectivity index (χ0v) is 12.7. The molecule has 1 N–H and O–H groups in total. The van der Waals surface area contributed by atoms with Crippen molar-refractivity contribution in [2.75, 3.05) is 0 Å². The zero-order valence-electron chi connectivity index (χ0n) is 9.57. The number of aromatic nitrogens is 1. The normalized spacial score (nSPS) is 16.8. The number of halogens is 2. The summed E-state index contributed by atoms with van der Waals surface area (Å²) in [5, 5.41) is 7.49. The van der Waals surface area contributed by atoms with Gasteiger partial charge < -0.3 is 5.32 Å². The Balaban J connectivity index is 1.98. The van der Waals surface area contributed by atoms with Gasteiger partial charge in [0.15, 0.2) is 0 Å². The number of thiazole rings is 1. The van der Waals surface area contributed by atoms with Gasteiger partial charge in [-0.15, -0.1) is 11.3 Å². The van der Waals surface area contributed by atoms with Crippen LogP contribution in [0.2, 0.25) is 5.02 Å². The second-order valence-electron chi connectivity index (χ2n) is 4.41. The topological polar surface area (TPSA) is 24.9 Å². The van der Waals surface area contributed by atoms with E-state index in [1.165, 1.54) is 12.8 Å². The SMILES string of the molecule is Clc1ccc(Br)c(C(NC2CC2)c2nccs2)c1. The molecule has 0 radical (unpaired) electrons. The molecule has 1 aromatic heterocycles. The van der Waals surface area contributed by atoms with Crippen LogP contribution in [0.4, 0.5) is 0 Å². The summed E-state index contributed by atoms with van der Waals surface area (Å²) in [7, 11) is 0. The fourth-order valence-corrected chi connectivity index (χ4v) is 3.26. The lowest BCUT2D eigenvalue weighted by molar-refractivity contribution is 0.596. The van der Waals surface area contributed by atoms with Crippen LogP contribution >= 0.6 is 38.9 Å². The highest BCUT2D eigenvalue weighted by Gasteiger charge is 2.28. The summed E-state index contributed by atoms with van der Waals surface area (Å²) in [6, 6.07) is 6.64. The van der Waals surface area contributed by atoms with Gasteiger partial charge in [-0.05, 0) is 36.6 Å². The van der Waals surface area contributed by atoms with Crippen LogP contribution in [0.25, 0.3) is 0 Å². The highest BCUT2D eigenvalue weighted by molar-refractivity contribution is 9.10. The van der Waals surface area contributed by atoms with E-state index in [0.717, 1.165) is 20.1 Å². The van der Waals surface area contributed by atoms with E-state index in [4.69, 9.17) is 11.6 Å². The quantitative estimate of drug-likeness (QED) is 0.890. The Morgan fingerprint density at radius 2 is 2.28 bits per heavy atom. The summed E-state index contributed by atoms with van der Waals surface area (Å²) in [5.74, 6) is 0. The van der Waals surface area contributed by atoms with Gasteiger partial charge in [-0.3, -0.25) is 0 Å². The lowest BCUT2D eigenvalue weighted by Crippen LogP contribution is -2.24. The predicted octanol–water partition coefficient (Wildman–Crippen LogP) is 4.40. The van der Waals surface area contributed by atoms with E-state index in [1.54, 1.807) is 11.3 Å². The van der Waals surface area contributed by atoms with Gasteiger partial charge in [0, 0.05) is 27.1 Å². The molecule has 3 rings (SSSR count). The molecular formula is C13H12BrClN2S. The highest BCUT2D eigenvalue weighted by Crippen LogP contribution is 2.34. The molecule has 0 amide bonds. The van der Waals surface area contributed by atoms with Crippen LogP contribution in [-0.4, -0.2) is 11.0 Å². The summed E-state index contributed by atoms with van der Waals surface area (Å²) >= 11 is 11.4. The molecule has 0 aliphatic heterocycles. The van der Waals surface area contributed by atoms with Crippen molar-refractivity contribution in [3.63, 3.8) is 0 Å². The Morgan fingerprint density at radius 1 is 1.44 bits per heavy atom. The number of rotatable bonds is 4. The van der Waals surface area contributed by atoms with Crippen molar-refractivity contribution >= 4 is 38.9 Å². The summed E-state index contributed by atoms with van der Waals surface area (Å²) in [5.41, 5.74) is 1.16. The Kier molecular flexibility index (Phi) is 3.71. The van der Waals surface area contributed by atoms with Crippen molar-refractivity contribution in [1.29, 1.82) is 0 Å². The minimum atomic E-state index is 0.130. The lowest BCUT2D eigenvalue weighted by Gasteiger charge is -2.18. The van der Waals surface area contributed by atoms with Gasteiger partial charge in [0.05, 0.1) is 6.04 Å². The van der Waals surface area contributed by atoms with E-state index in [2.05, 4.69) is 26.2 Å².